The number of phenols is 1. The number of hydrogen-bond acceptors (Lipinski definition) is 6. The number of quaternary nitrogens is 1. The molecule has 2 rings (SSSR count). The van der Waals surface area contributed by atoms with Crippen molar-refractivity contribution in [1.29, 1.82) is 0 Å². The zero-order valence-electron chi connectivity index (χ0n) is 16.2. The van der Waals surface area contributed by atoms with Crippen LogP contribution in [0.5, 0.6) is 5.75 Å². The molecule has 0 bridgehead atoms. The Balaban J connectivity index is 0.000000527. The molecule has 1 amide bonds. The molecule has 2 aromatic rings. The summed E-state index contributed by atoms with van der Waals surface area (Å²) in [6.07, 6.45) is 0.935. The highest BCUT2D eigenvalue weighted by atomic mass is 32.3. The molecule has 1 aromatic heterocycles. The number of aromatic hydroxyl groups is 1. The lowest BCUT2D eigenvalue weighted by molar-refractivity contribution is -0.870. The smallest absolute Gasteiger partial charge is 0.267 e. The van der Waals surface area contributed by atoms with Crippen LogP contribution in [0, 0.1) is 0 Å². The molecule has 0 fully saturated rings. The van der Waals surface area contributed by atoms with Crippen molar-refractivity contribution in [2.24, 2.45) is 7.05 Å². The summed E-state index contributed by atoms with van der Waals surface area (Å²) in [7, 11) is 4.63. The third-order valence-corrected chi connectivity index (χ3v) is 4.20. The fraction of sp³-hybridized carbons (Fsp3) is 0.471. The maximum atomic E-state index is 12.3. The molecule has 1 aromatic carbocycles. The zero-order valence-corrected chi connectivity index (χ0v) is 17.0. The number of aromatic nitrogens is 1. The molecule has 152 valence electrons. The Bertz CT molecular complexity index is 884. The largest absolute Gasteiger partial charge is 0.726 e. The average molecular weight is 401 g/mol. The molecule has 0 radical (unpaired) electrons. The number of fused-ring (bicyclic) bond motifs is 1. The molecule has 0 aliphatic heterocycles. The predicted octanol–water partition coefficient (Wildman–Crippen LogP) is 0.803. The Labute approximate surface area is 159 Å². The molecule has 0 unspecified atom stereocenters. The Hall–Kier alpha value is -2.14. The van der Waals surface area contributed by atoms with Gasteiger partial charge in [-0.05, 0) is 18.2 Å². The van der Waals surface area contributed by atoms with Crippen LogP contribution in [0.15, 0.2) is 24.3 Å². The van der Waals surface area contributed by atoms with Crippen LogP contribution in [0.2, 0.25) is 0 Å². The first-order valence-electron chi connectivity index (χ1n) is 8.23. The van der Waals surface area contributed by atoms with Crippen molar-refractivity contribution < 1.29 is 31.5 Å². The number of phenolic OH excluding ortho intramolecular Hbond substituents is 1. The molecule has 27 heavy (non-hydrogen) atoms. The predicted molar refractivity (Wildman–Crippen MR) is 101 cm³/mol. The van der Waals surface area contributed by atoms with Crippen molar-refractivity contribution in [2.45, 2.75) is 6.42 Å². The molecular formula is C17H27N3O6S. The number of carbonyl (C=O) groups is 1. The van der Waals surface area contributed by atoms with E-state index in [0.717, 1.165) is 30.1 Å². The lowest BCUT2D eigenvalue weighted by atomic mass is 10.2. The van der Waals surface area contributed by atoms with Gasteiger partial charge in [-0.2, -0.15) is 0 Å². The Morgan fingerprint density at radius 1 is 1.33 bits per heavy atom. The summed E-state index contributed by atoms with van der Waals surface area (Å²) < 4.78 is 33.7. The van der Waals surface area contributed by atoms with E-state index in [1.165, 1.54) is 0 Å². The Morgan fingerprint density at radius 3 is 2.41 bits per heavy atom. The minimum atomic E-state index is -4.41. The first-order valence-corrected chi connectivity index (χ1v) is 9.56. The van der Waals surface area contributed by atoms with Crippen molar-refractivity contribution >= 4 is 27.2 Å². The van der Waals surface area contributed by atoms with E-state index in [-0.39, 0.29) is 11.7 Å². The average Bonchev–Trinajstić information content (AvgIpc) is 2.89. The first kappa shape index (κ1) is 22.9. The van der Waals surface area contributed by atoms with Crippen LogP contribution < -0.4 is 5.32 Å². The van der Waals surface area contributed by atoms with E-state index in [1.807, 2.05) is 17.7 Å². The number of amides is 1. The van der Waals surface area contributed by atoms with Crippen LogP contribution >= 0.6 is 0 Å². The van der Waals surface area contributed by atoms with E-state index in [0.29, 0.717) is 17.6 Å². The molecule has 1 heterocycles. The van der Waals surface area contributed by atoms with Crippen LogP contribution in [-0.4, -0.2) is 74.4 Å². The number of aryl methyl sites for hydroxylation is 1. The van der Waals surface area contributed by atoms with Gasteiger partial charge in [0.2, 0.25) is 10.4 Å². The highest BCUT2D eigenvalue weighted by Crippen LogP contribution is 2.26. The van der Waals surface area contributed by atoms with E-state index in [2.05, 4.69) is 30.6 Å². The minimum Gasteiger partial charge on any atom is -0.726 e. The molecule has 0 spiro atoms. The number of nitrogens with zero attached hydrogens (tertiary/aromatic N) is 2. The topological polar surface area (TPSA) is 121 Å². The van der Waals surface area contributed by atoms with Gasteiger partial charge in [0.25, 0.3) is 5.91 Å². The minimum absolute atomic E-state index is 0.102. The Morgan fingerprint density at radius 2 is 1.93 bits per heavy atom. The molecule has 2 N–H and O–H groups in total. The highest BCUT2D eigenvalue weighted by Gasteiger charge is 2.15. The number of rotatable bonds is 6. The summed E-state index contributed by atoms with van der Waals surface area (Å²) in [5, 5.41) is 13.5. The maximum absolute atomic E-state index is 12.3. The third-order valence-electron chi connectivity index (χ3n) is 3.79. The van der Waals surface area contributed by atoms with E-state index in [9.17, 15) is 22.9 Å². The summed E-state index contributed by atoms with van der Waals surface area (Å²) in [5.74, 6) is 0.0988. The van der Waals surface area contributed by atoms with Crippen molar-refractivity contribution in [3.63, 3.8) is 0 Å². The fourth-order valence-corrected chi connectivity index (χ4v) is 2.41. The van der Waals surface area contributed by atoms with Crippen LogP contribution in [0.3, 0.4) is 0 Å². The summed E-state index contributed by atoms with van der Waals surface area (Å²) in [6, 6.07) is 7.04. The van der Waals surface area contributed by atoms with Gasteiger partial charge >= 0.3 is 0 Å². The van der Waals surface area contributed by atoms with Crippen LogP contribution in [0.4, 0.5) is 0 Å². The molecule has 10 heteroatoms. The van der Waals surface area contributed by atoms with Crippen LogP contribution in [0.1, 0.15) is 16.9 Å². The van der Waals surface area contributed by atoms with Gasteiger partial charge in [-0.15, -0.1) is 0 Å². The standard InChI is InChI=1S/C16H23N3O2.CH4O4S/c1-18-13-7-5-8-15(20)12(13)11-14(18)16(21)17-9-6-10-19(2,3)4;1-5-6(2,3)4/h5,7-8,11H,6,9-10H2,1-4H3,(H-,17,20,21);1H3,(H,2,3,4). The highest BCUT2D eigenvalue weighted by molar-refractivity contribution is 7.80. The van der Waals surface area contributed by atoms with Gasteiger partial charge < -0.3 is 24.0 Å². The number of hydrogen-bond donors (Lipinski definition) is 2. The molecule has 0 saturated heterocycles. The first-order chi connectivity index (χ1) is 12.4. The molecule has 0 aliphatic carbocycles. The van der Waals surface area contributed by atoms with E-state index >= 15 is 0 Å². The molecule has 0 aliphatic rings. The second-order valence-electron chi connectivity index (χ2n) is 7.00. The van der Waals surface area contributed by atoms with Crippen molar-refractivity contribution in [1.82, 2.24) is 9.88 Å². The number of benzene rings is 1. The van der Waals surface area contributed by atoms with Crippen molar-refractivity contribution in [3.05, 3.63) is 30.0 Å². The lowest BCUT2D eigenvalue weighted by Crippen LogP contribution is -2.37. The third kappa shape index (κ3) is 7.55. The van der Waals surface area contributed by atoms with Crippen LogP contribution in [0.25, 0.3) is 10.9 Å². The summed E-state index contributed by atoms with van der Waals surface area (Å²) in [5.41, 5.74) is 1.42. The van der Waals surface area contributed by atoms with E-state index in [4.69, 9.17) is 0 Å². The van der Waals surface area contributed by atoms with Crippen LogP contribution in [-0.2, 0) is 21.6 Å². The van der Waals surface area contributed by atoms with E-state index in [1.54, 1.807) is 18.2 Å². The number of carbonyl (C=O) groups excluding carboxylic acids is 1. The normalized spacial score (nSPS) is 11.8. The van der Waals surface area contributed by atoms with Gasteiger partial charge in [0, 0.05) is 25.4 Å². The van der Waals surface area contributed by atoms with E-state index < -0.39 is 10.4 Å². The zero-order chi connectivity index (χ0) is 20.8. The summed E-state index contributed by atoms with van der Waals surface area (Å²) >= 11 is 0. The molecule has 0 saturated carbocycles. The summed E-state index contributed by atoms with van der Waals surface area (Å²) in [6.45, 7) is 1.66. The van der Waals surface area contributed by atoms with Gasteiger partial charge in [-0.3, -0.25) is 8.98 Å². The lowest BCUT2D eigenvalue weighted by Gasteiger charge is -2.23. The quantitative estimate of drug-likeness (QED) is 0.320. The molecular weight excluding hydrogens is 374 g/mol. The van der Waals surface area contributed by atoms with Gasteiger partial charge in [-0.25, -0.2) is 8.42 Å². The molecule has 0 atom stereocenters. The molecule has 9 nitrogen and oxygen atoms in total. The van der Waals surface area contributed by atoms with Gasteiger partial charge in [0.05, 0.1) is 40.3 Å². The SMILES string of the molecule is COS(=O)(=O)[O-].Cn1c(C(=O)NCCC[N+](C)(C)C)cc2c(O)cccc21. The van der Waals surface area contributed by atoms with Crippen molar-refractivity contribution in [2.75, 3.05) is 41.3 Å². The maximum Gasteiger partial charge on any atom is 0.267 e. The number of nitrogens with one attached hydrogen (secondary N) is 1. The monoisotopic (exact) mass is 401 g/mol. The summed E-state index contributed by atoms with van der Waals surface area (Å²) in [4.78, 5) is 12.3. The Kier molecular flexibility index (Phi) is 7.78. The van der Waals surface area contributed by atoms with Crippen molar-refractivity contribution in [3.8, 4) is 5.75 Å². The van der Waals surface area contributed by atoms with Gasteiger partial charge in [0.1, 0.15) is 11.4 Å². The second kappa shape index (κ2) is 9.18. The second-order valence-corrected chi connectivity index (χ2v) is 8.15. The van der Waals surface area contributed by atoms with Gasteiger partial charge in [-0.1, -0.05) is 6.07 Å². The fourth-order valence-electron chi connectivity index (χ4n) is 2.41. The van der Waals surface area contributed by atoms with Gasteiger partial charge in [0.15, 0.2) is 0 Å².